The van der Waals surface area contributed by atoms with Crippen molar-refractivity contribution >= 4 is 21.8 Å². The van der Waals surface area contributed by atoms with Gasteiger partial charge in [0, 0.05) is 28.5 Å². The van der Waals surface area contributed by atoms with E-state index in [1.807, 2.05) is 55.4 Å². The van der Waals surface area contributed by atoms with Gasteiger partial charge in [0.1, 0.15) is 0 Å². The second-order valence-electron chi connectivity index (χ2n) is 5.26. The maximum absolute atomic E-state index is 4.81. The molecule has 26 heavy (non-hydrogen) atoms. The van der Waals surface area contributed by atoms with Gasteiger partial charge in [-0.05, 0) is 38.3 Å². The minimum atomic E-state index is 1.12. The van der Waals surface area contributed by atoms with Gasteiger partial charge in [0.25, 0.3) is 0 Å². The molecule has 0 aliphatic carbocycles. The van der Waals surface area contributed by atoms with E-state index in [4.69, 9.17) is 4.98 Å². The number of nitrogens with zero attached hydrogens (tertiary/aromatic N) is 2. The molecule has 0 saturated heterocycles. The van der Waals surface area contributed by atoms with Gasteiger partial charge in [0.2, 0.25) is 0 Å². The predicted octanol–water partition coefficient (Wildman–Crippen LogP) is 7.86. The zero-order chi connectivity index (χ0) is 20.3. The van der Waals surface area contributed by atoms with Crippen LogP contribution in [0, 0.1) is 13.8 Å². The smallest absolute Gasteiger partial charge is 0.0713 e. The summed E-state index contributed by atoms with van der Waals surface area (Å²) in [4.78, 5) is 4.81. The number of hydrogen-bond donors (Lipinski definition) is 0. The molecule has 0 spiro atoms. The molecule has 0 unspecified atom stereocenters. The monoisotopic (exact) mass is 356 g/mol. The fourth-order valence-corrected chi connectivity index (χ4v) is 3.31. The van der Waals surface area contributed by atoms with Crippen LogP contribution in [0.1, 0.15) is 78.8 Å². The molecule has 0 atom stereocenters. The molecular formula is C24H40N2. The van der Waals surface area contributed by atoms with E-state index in [-0.39, 0.29) is 0 Å². The third-order valence-corrected chi connectivity index (χ3v) is 4.26. The number of rotatable bonds is 0. The molecule has 1 aromatic carbocycles. The standard InChI is InChI=1S/C16H16N2.4C2H6/c1-10-11(2)17-13-7-5-9-18-14-8-4-3-6-12(14)15(10)16(13)18;4*1-2/h3-4,6,8H,5,7,9H2,1-2H3;4*1-2H3. The van der Waals surface area contributed by atoms with Crippen LogP contribution < -0.4 is 0 Å². The lowest BCUT2D eigenvalue weighted by Gasteiger charge is -2.17. The van der Waals surface area contributed by atoms with Crippen molar-refractivity contribution in [3.05, 3.63) is 41.2 Å². The highest BCUT2D eigenvalue weighted by molar-refractivity contribution is 6.10. The van der Waals surface area contributed by atoms with Crippen molar-refractivity contribution in [3.63, 3.8) is 0 Å². The highest BCUT2D eigenvalue weighted by atomic mass is 15.0. The number of hydrogen-bond acceptors (Lipinski definition) is 1. The molecule has 0 bridgehead atoms. The fraction of sp³-hybridized carbons (Fsp3) is 0.542. The van der Waals surface area contributed by atoms with E-state index in [9.17, 15) is 0 Å². The summed E-state index contributed by atoms with van der Waals surface area (Å²) in [5, 5.41) is 2.81. The van der Waals surface area contributed by atoms with Gasteiger partial charge in [0.15, 0.2) is 0 Å². The molecule has 0 amide bonds. The topological polar surface area (TPSA) is 17.8 Å². The summed E-state index contributed by atoms with van der Waals surface area (Å²) in [5.74, 6) is 0. The third-order valence-electron chi connectivity index (χ3n) is 4.26. The molecule has 4 rings (SSSR count). The number of aromatic nitrogens is 2. The quantitative estimate of drug-likeness (QED) is 0.401. The van der Waals surface area contributed by atoms with Crippen LogP contribution in [0.5, 0.6) is 0 Å². The largest absolute Gasteiger partial charge is 0.339 e. The Labute approximate surface area is 161 Å². The van der Waals surface area contributed by atoms with Crippen LogP contribution in [0.25, 0.3) is 21.8 Å². The Kier molecular flexibility index (Phi) is 11.6. The summed E-state index contributed by atoms with van der Waals surface area (Å²) in [6.45, 7) is 21.5. The maximum atomic E-state index is 4.81. The molecule has 0 N–H and O–H groups in total. The molecule has 3 aromatic rings. The Morgan fingerprint density at radius 1 is 0.846 bits per heavy atom. The minimum Gasteiger partial charge on any atom is -0.339 e. The van der Waals surface area contributed by atoms with Crippen molar-refractivity contribution < 1.29 is 0 Å². The molecule has 3 heterocycles. The third kappa shape index (κ3) is 4.47. The Morgan fingerprint density at radius 3 is 2.04 bits per heavy atom. The average molecular weight is 357 g/mol. The van der Waals surface area contributed by atoms with Crippen LogP contribution in [-0.4, -0.2) is 9.55 Å². The van der Waals surface area contributed by atoms with E-state index < -0.39 is 0 Å². The van der Waals surface area contributed by atoms with Crippen molar-refractivity contribution in [2.75, 3.05) is 0 Å². The number of fused-ring (bicyclic) bond motifs is 3. The molecule has 0 radical (unpaired) electrons. The van der Waals surface area contributed by atoms with Crippen LogP contribution in [0.2, 0.25) is 0 Å². The van der Waals surface area contributed by atoms with Gasteiger partial charge in [-0.25, -0.2) is 0 Å². The van der Waals surface area contributed by atoms with E-state index in [2.05, 4.69) is 42.7 Å². The normalized spacial score (nSPS) is 11.0. The van der Waals surface area contributed by atoms with Crippen LogP contribution in [-0.2, 0) is 13.0 Å². The predicted molar refractivity (Wildman–Crippen MR) is 120 cm³/mol. The SMILES string of the molecule is CC.CC.CC.CC.Cc1nc2c3c(c1C)c1ccccc1n3CCC2. The van der Waals surface area contributed by atoms with Crippen LogP contribution >= 0.6 is 0 Å². The lowest BCUT2D eigenvalue weighted by atomic mass is 10.0. The Hall–Kier alpha value is -1.83. The van der Waals surface area contributed by atoms with Gasteiger partial charge < -0.3 is 4.57 Å². The molecule has 2 heteroatoms. The summed E-state index contributed by atoms with van der Waals surface area (Å²) >= 11 is 0. The van der Waals surface area contributed by atoms with Gasteiger partial charge in [-0.2, -0.15) is 0 Å². The highest BCUT2D eigenvalue weighted by Crippen LogP contribution is 2.36. The Bertz CT molecular complexity index is 782. The minimum absolute atomic E-state index is 1.12. The Balaban J connectivity index is 0.000000698. The van der Waals surface area contributed by atoms with E-state index >= 15 is 0 Å². The fourth-order valence-electron chi connectivity index (χ4n) is 3.31. The van der Waals surface area contributed by atoms with Crippen molar-refractivity contribution in [2.24, 2.45) is 0 Å². The van der Waals surface area contributed by atoms with Crippen molar-refractivity contribution in [2.45, 2.75) is 88.6 Å². The first-order chi connectivity index (χ1) is 12.8. The van der Waals surface area contributed by atoms with E-state index in [1.54, 1.807) is 0 Å². The summed E-state index contributed by atoms with van der Waals surface area (Å²) in [6, 6.07) is 8.75. The lowest BCUT2D eigenvalue weighted by Crippen LogP contribution is -2.10. The van der Waals surface area contributed by atoms with E-state index in [0.717, 1.165) is 13.0 Å². The molecule has 1 aliphatic heterocycles. The first-order valence-corrected chi connectivity index (χ1v) is 10.6. The van der Waals surface area contributed by atoms with Crippen molar-refractivity contribution in [3.8, 4) is 0 Å². The zero-order valence-corrected chi connectivity index (χ0v) is 18.8. The van der Waals surface area contributed by atoms with E-state index in [0.29, 0.717) is 0 Å². The molecule has 2 aromatic heterocycles. The summed E-state index contributed by atoms with van der Waals surface area (Å²) in [7, 11) is 0. The van der Waals surface area contributed by atoms with Gasteiger partial charge in [-0.1, -0.05) is 73.6 Å². The molecule has 1 aliphatic rings. The van der Waals surface area contributed by atoms with Crippen molar-refractivity contribution in [1.29, 1.82) is 0 Å². The van der Waals surface area contributed by atoms with Crippen LogP contribution in [0.15, 0.2) is 24.3 Å². The average Bonchev–Trinajstić information content (AvgIpc) is 3.08. The molecule has 146 valence electrons. The number of pyridine rings is 1. The van der Waals surface area contributed by atoms with Gasteiger partial charge in [-0.15, -0.1) is 0 Å². The lowest BCUT2D eigenvalue weighted by molar-refractivity contribution is 0.639. The van der Waals surface area contributed by atoms with Crippen molar-refractivity contribution in [1.82, 2.24) is 9.55 Å². The Morgan fingerprint density at radius 2 is 1.42 bits per heavy atom. The summed E-state index contributed by atoms with van der Waals surface area (Å²) in [5.41, 5.74) is 6.55. The van der Waals surface area contributed by atoms with Gasteiger partial charge >= 0.3 is 0 Å². The molecule has 2 nitrogen and oxygen atoms in total. The second-order valence-corrected chi connectivity index (χ2v) is 5.26. The number of para-hydroxylation sites is 1. The first-order valence-electron chi connectivity index (χ1n) is 10.6. The zero-order valence-electron chi connectivity index (χ0n) is 18.8. The maximum Gasteiger partial charge on any atom is 0.0713 e. The number of aryl methyl sites for hydroxylation is 4. The van der Waals surface area contributed by atoms with Crippen LogP contribution in [0.3, 0.4) is 0 Å². The summed E-state index contributed by atoms with van der Waals surface area (Å²) < 4.78 is 2.46. The molecular weight excluding hydrogens is 316 g/mol. The van der Waals surface area contributed by atoms with Gasteiger partial charge in [0.05, 0.1) is 11.2 Å². The van der Waals surface area contributed by atoms with Gasteiger partial charge in [-0.3, -0.25) is 4.98 Å². The van der Waals surface area contributed by atoms with E-state index in [1.165, 1.54) is 45.2 Å². The molecule has 0 saturated carbocycles. The highest BCUT2D eigenvalue weighted by Gasteiger charge is 2.20. The van der Waals surface area contributed by atoms with Crippen LogP contribution in [0.4, 0.5) is 0 Å². The first kappa shape index (κ1) is 24.2. The number of benzene rings is 1. The second kappa shape index (κ2) is 12.5. The summed E-state index contributed by atoms with van der Waals surface area (Å²) in [6.07, 6.45) is 2.32. The molecule has 0 fully saturated rings.